The van der Waals surface area contributed by atoms with Crippen LogP contribution in [0.2, 0.25) is 0 Å². The van der Waals surface area contributed by atoms with Crippen LogP contribution in [0.15, 0.2) is 36.1 Å². The average Bonchev–Trinajstić information content (AvgIpc) is 2.40. The van der Waals surface area contributed by atoms with Gasteiger partial charge in [0.15, 0.2) is 11.4 Å². The summed E-state index contributed by atoms with van der Waals surface area (Å²) in [5.74, 6) is 0.749. The van der Waals surface area contributed by atoms with E-state index in [9.17, 15) is 4.79 Å². The Kier molecular flexibility index (Phi) is 2.50. The molecule has 0 amide bonds. The molecule has 0 bridgehead atoms. The lowest BCUT2D eigenvalue weighted by atomic mass is 9.77. The zero-order chi connectivity index (χ0) is 11.7. The standard InChI is InChI=1S/C15H16O2/c16-14-13(11-12-7-3-1-4-8-12)17-15(14)9-5-2-6-10-15/h1,3-4,7-8,11H,2,5-6,9-10H2/b13-11-. The highest BCUT2D eigenvalue weighted by molar-refractivity contribution is 6.08. The molecule has 1 aliphatic heterocycles. The molecule has 0 unspecified atom stereocenters. The Labute approximate surface area is 101 Å². The van der Waals surface area contributed by atoms with Gasteiger partial charge in [-0.2, -0.15) is 0 Å². The summed E-state index contributed by atoms with van der Waals surface area (Å²) in [7, 11) is 0. The largest absolute Gasteiger partial charge is 0.475 e. The maximum absolute atomic E-state index is 12.1. The lowest BCUT2D eigenvalue weighted by molar-refractivity contribution is -0.165. The number of ether oxygens (including phenoxy) is 1. The summed E-state index contributed by atoms with van der Waals surface area (Å²) in [6, 6.07) is 9.86. The molecule has 0 aromatic heterocycles. The fourth-order valence-electron chi connectivity index (χ4n) is 2.73. The molecule has 3 rings (SSSR count). The Morgan fingerprint density at radius 2 is 1.76 bits per heavy atom. The van der Waals surface area contributed by atoms with Crippen molar-refractivity contribution in [2.24, 2.45) is 0 Å². The van der Waals surface area contributed by atoms with Gasteiger partial charge in [-0.1, -0.05) is 36.8 Å². The predicted molar refractivity (Wildman–Crippen MR) is 66.3 cm³/mol. The van der Waals surface area contributed by atoms with Gasteiger partial charge in [0.1, 0.15) is 0 Å². The van der Waals surface area contributed by atoms with E-state index in [0.29, 0.717) is 5.76 Å². The van der Waals surface area contributed by atoms with Crippen LogP contribution in [0.4, 0.5) is 0 Å². The van der Waals surface area contributed by atoms with Crippen molar-refractivity contribution in [3.8, 4) is 0 Å². The van der Waals surface area contributed by atoms with E-state index >= 15 is 0 Å². The van der Waals surface area contributed by atoms with Crippen LogP contribution in [0.1, 0.15) is 37.7 Å². The Morgan fingerprint density at radius 1 is 1.06 bits per heavy atom. The maximum atomic E-state index is 12.1. The number of Topliss-reactive ketones (excluding diaryl/α,β-unsaturated/α-hetero) is 1. The van der Waals surface area contributed by atoms with Gasteiger partial charge in [0, 0.05) is 0 Å². The zero-order valence-electron chi connectivity index (χ0n) is 9.82. The van der Waals surface area contributed by atoms with Gasteiger partial charge in [-0.3, -0.25) is 4.79 Å². The first-order chi connectivity index (χ1) is 8.30. The van der Waals surface area contributed by atoms with Crippen LogP contribution in [0.25, 0.3) is 6.08 Å². The zero-order valence-corrected chi connectivity index (χ0v) is 9.82. The van der Waals surface area contributed by atoms with Crippen molar-refractivity contribution in [2.75, 3.05) is 0 Å². The van der Waals surface area contributed by atoms with E-state index in [0.717, 1.165) is 31.2 Å². The van der Waals surface area contributed by atoms with Gasteiger partial charge >= 0.3 is 0 Å². The van der Waals surface area contributed by atoms with E-state index in [2.05, 4.69) is 0 Å². The molecule has 1 heterocycles. The second-order valence-corrected chi connectivity index (χ2v) is 4.91. The smallest absolute Gasteiger partial charge is 0.240 e. The fourth-order valence-corrected chi connectivity index (χ4v) is 2.73. The molecular formula is C15H16O2. The summed E-state index contributed by atoms with van der Waals surface area (Å²) in [5, 5.41) is 0. The Morgan fingerprint density at radius 3 is 2.41 bits per heavy atom. The third kappa shape index (κ3) is 1.78. The van der Waals surface area contributed by atoms with E-state index in [-0.39, 0.29) is 5.78 Å². The van der Waals surface area contributed by atoms with Crippen LogP contribution in [-0.4, -0.2) is 11.4 Å². The van der Waals surface area contributed by atoms with Crippen molar-refractivity contribution in [3.63, 3.8) is 0 Å². The van der Waals surface area contributed by atoms with Crippen molar-refractivity contribution in [2.45, 2.75) is 37.7 Å². The molecule has 1 saturated heterocycles. The molecule has 1 aliphatic carbocycles. The highest BCUT2D eigenvalue weighted by atomic mass is 16.5. The number of hydrogen-bond acceptors (Lipinski definition) is 2. The van der Waals surface area contributed by atoms with Gasteiger partial charge in [0.2, 0.25) is 5.78 Å². The molecular weight excluding hydrogens is 212 g/mol. The highest BCUT2D eigenvalue weighted by Crippen LogP contribution is 2.43. The second kappa shape index (κ2) is 4.02. The molecule has 1 saturated carbocycles. The van der Waals surface area contributed by atoms with Gasteiger partial charge in [-0.25, -0.2) is 0 Å². The summed E-state index contributed by atoms with van der Waals surface area (Å²) in [6.07, 6.45) is 7.11. The van der Waals surface area contributed by atoms with E-state index in [1.54, 1.807) is 0 Å². The van der Waals surface area contributed by atoms with Crippen LogP contribution < -0.4 is 0 Å². The van der Waals surface area contributed by atoms with Crippen LogP contribution in [0.3, 0.4) is 0 Å². The third-order valence-electron chi connectivity index (χ3n) is 3.70. The van der Waals surface area contributed by atoms with Gasteiger partial charge in [-0.05, 0) is 37.3 Å². The minimum Gasteiger partial charge on any atom is -0.475 e. The quantitative estimate of drug-likeness (QED) is 0.689. The number of carbonyl (C=O) groups is 1. The van der Waals surface area contributed by atoms with Crippen molar-refractivity contribution < 1.29 is 9.53 Å². The minimum atomic E-state index is -0.446. The highest BCUT2D eigenvalue weighted by Gasteiger charge is 2.52. The number of ketones is 1. The van der Waals surface area contributed by atoms with Crippen LogP contribution in [-0.2, 0) is 9.53 Å². The molecule has 2 aliphatic rings. The van der Waals surface area contributed by atoms with Gasteiger partial charge in [0.05, 0.1) is 0 Å². The summed E-state index contributed by atoms with van der Waals surface area (Å²) < 4.78 is 5.80. The Balaban J connectivity index is 1.77. The third-order valence-corrected chi connectivity index (χ3v) is 3.70. The topological polar surface area (TPSA) is 26.3 Å². The normalized spacial score (nSPS) is 24.5. The van der Waals surface area contributed by atoms with E-state index in [4.69, 9.17) is 4.74 Å². The SMILES string of the molecule is O=C1/C(=C/c2ccccc2)OC12CCCCC2. The first-order valence-electron chi connectivity index (χ1n) is 6.31. The van der Waals surface area contributed by atoms with E-state index in [1.807, 2.05) is 36.4 Å². The molecule has 2 fully saturated rings. The molecule has 2 nitrogen and oxygen atoms in total. The monoisotopic (exact) mass is 228 g/mol. The second-order valence-electron chi connectivity index (χ2n) is 4.91. The summed E-state index contributed by atoms with van der Waals surface area (Å²) >= 11 is 0. The lowest BCUT2D eigenvalue weighted by Gasteiger charge is -2.44. The van der Waals surface area contributed by atoms with Crippen LogP contribution in [0, 0.1) is 0 Å². The molecule has 0 N–H and O–H groups in total. The summed E-state index contributed by atoms with van der Waals surface area (Å²) in [5.41, 5.74) is 0.584. The van der Waals surface area contributed by atoms with Gasteiger partial charge in [0.25, 0.3) is 0 Å². The lowest BCUT2D eigenvalue weighted by Crippen LogP contribution is -2.53. The summed E-state index contributed by atoms with van der Waals surface area (Å²) in [4.78, 5) is 12.1. The van der Waals surface area contributed by atoms with Crippen molar-refractivity contribution in [1.82, 2.24) is 0 Å². The van der Waals surface area contributed by atoms with E-state index in [1.165, 1.54) is 6.42 Å². The first-order valence-corrected chi connectivity index (χ1v) is 6.31. The van der Waals surface area contributed by atoms with Crippen LogP contribution in [0.5, 0.6) is 0 Å². The van der Waals surface area contributed by atoms with Crippen LogP contribution >= 0.6 is 0 Å². The van der Waals surface area contributed by atoms with Crippen molar-refractivity contribution in [1.29, 1.82) is 0 Å². The summed E-state index contributed by atoms with van der Waals surface area (Å²) in [6.45, 7) is 0. The fraction of sp³-hybridized carbons (Fsp3) is 0.400. The van der Waals surface area contributed by atoms with Gasteiger partial charge < -0.3 is 4.74 Å². The van der Waals surface area contributed by atoms with E-state index < -0.39 is 5.60 Å². The molecule has 2 heteroatoms. The molecule has 0 radical (unpaired) electrons. The first kappa shape index (κ1) is 10.6. The number of benzene rings is 1. The molecule has 0 atom stereocenters. The Bertz CT molecular complexity index is 453. The molecule has 1 aromatic carbocycles. The van der Waals surface area contributed by atoms with Gasteiger partial charge in [-0.15, -0.1) is 0 Å². The van der Waals surface area contributed by atoms with Crippen molar-refractivity contribution >= 4 is 11.9 Å². The molecule has 88 valence electrons. The van der Waals surface area contributed by atoms with Crippen molar-refractivity contribution in [3.05, 3.63) is 41.7 Å². The maximum Gasteiger partial charge on any atom is 0.240 e. The average molecular weight is 228 g/mol. The molecule has 1 spiro atoms. The number of carbonyl (C=O) groups excluding carboxylic acids is 1. The number of hydrogen-bond donors (Lipinski definition) is 0. The Hall–Kier alpha value is -1.57. The molecule has 17 heavy (non-hydrogen) atoms. The molecule has 1 aromatic rings. The minimum absolute atomic E-state index is 0.209. The number of rotatable bonds is 1. The predicted octanol–water partition coefficient (Wildman–Crippen LogP) is 3.33.